The molecule has 0 saturated carbocycles. The Kier molecular flexibility index (Phi) is 6.69. The van der Waals surface area contributed by atoms with Crippen LogP contribution in [0.15, 0.2) is 42.9 Å². The summed E-state index contributed by atoms with van der Waals surface area (Å²) in [6, 6.07) is 11.1. The Morgan fingerprint density at radius 3 is 2.91 bits per heavy atom. The fourth-order valence-electron chi connectivity index (χ4n) is 3.78. The lowest BCUT2D eigenvalue weighted by molar-refractivity contribution is 0.171. The molecule has 0 amide bonds. The maximum Gasteiger partial charge on any atom is 0.212 e. The second-order valence-corrected chi connectivity index (χ2v) is 7.89. The summed E-state index contributed by atoms with van der Waals surface area (Å²) in [6.07, 6.45) is 3.77. The molecule has 3 aromatic rings. The van der Waals surface area contributed by atoms with Crippen molar-refractivity contribution < 1.29 is 9.84 Å². The van der Waals surface area contributed by atoms with Crippen molar-refractivity contribution >= 4 is 23.1 Å². The van der Waals surface area contributed by atoms with Crippen molar-refractivity contribution in [3.63, 3.8) is 0 Å². The summed E-state index contributed by atoms with van der Waals surface area (Å²) in [6.45, 7) is 1.86. The number of benzene rings is 1. The van der Waals surface area contributed by atoms with Crippen molar-refractivity contribution in [2.45, 2.75) is 25.5 Å². The minimum atomic E-state index is -0.651. The fraction of sp³-hybridized carbons (Fsp3) is 0.304. The molecule has 2 N–H and O–H groups in total. The van der Waals surface area contributed by atoms with Gasteiger partial charge in [-0.2, -0.15) is 5.26 Å². The smallest absolute Gasteiger partial charge is 0.212 e. The zero-order valence-corrected chi connectivity index (χ0v) is 18.4. The molecular weight excluding hydrogens is 428 g/mol. The molecule has 0 saturated heterocycles. The van der Waals surface area contributed by atoms with Crippen molar-refractivity contribution in [3.8, 4) is 11.9 Å². The standard InChI is InChI=1S/C23H23ClN6O2/c1-32-22-5-2-15(12-27-22)21(31)6-8-26-23-18-13-30(9-7-19(18)28-14-29-23)20-4-3-17(24)10-16(20)11-25/h2-5,10,12,14,21,31H,6-9,13H2,1H3,(H,26,28,29)/t21-/m1/s1. The molecule has 0 bridgehead atoms. The summed E-state index contributed by atoms with van der Waals surface area (Å²) in [5.74, 6) is 1.25. The lowest BCUT2D eigenvalue weighted by atomic mass is 10.0. The summed E-state index contributed by atoms with van der Waals surface area (Å²) in [4.78, 5) is 15.1. The number of pyridine rings is 1. The molecule has 0 unspecified atom stereocenters. The lowest BCUT2D eigenvalue weighted by Crippen LogP contribution is -2.32. The topological polar surface area (TPSA) is 107 Å². The highest BCUT2D eigenvalue weighted by molar-refractivity contribution is 6.30. The molecule has 32 heavy (non-hydrogen) atoms. The molecular formula is C23H23ClN6O2. The van der Waals surface area contributed by atoms with Gasteiger partial charge in [0.2, 0.25) is 5.88 Å². The Morgan fingerprint density at radius 2 is 2.16 bits per heavy atom. The van der Waals surface area contributed by atoms with Gasteiger partial charge in [-0.25, -0.2) is 15.0 Å². The van der Waals surface area contributed by atoms with Gasteiger partial charge in [0.05, 0.1) is 30.2 Å². The Labute approximate surface area is 191 Å². The molecule has 3 heterocycles. The predicted octanol–water partition coefficient (Wildman–Crippen LogP) is 3.50. The van der Waals surface area contributed by atoms with Crippen LogP contribution in [-0.2, 0) is 13.0 Å². The highest BCUT2D eigenvalue weighted by Gasteiger charge is 2.23. The molecule has 0 spiro atoms. The summed E-state index contributed by atoms with van der Waals surface area (Å²) in [7, 11) is 1.56. The van der Waals surface area contributed by atoms with Gasteiger partial charge in [0.1, 0.15) is 18.2 Å². The van der Waals surface area contributed by atoms with Crippen molar-refractivity contribution in [2.24, 2.45) is 0 Å². The number of hydrogen-bond donors (Lipinski definition) is 2. The van der Waals surface area contributed by atoms with E-state index >= 15 is 0 Å². The number of hydrogen-bond acceptors (Lipinski definition) is 8. The number of aliphatic hydroxyl groups excluding tert-OH is 1. The number of nitrogens with one attached hydrogen (secondary N) is 1. The largest absolute Gasteiger partial charge is 0.481 e. The Morgan fingerprint density at radius 1 is 1.28 bits per heavy atom. The number of anilines is 2. The zero-order chi connectivity index (χ0) is 22.5. The van der Waals surface area contributed by atoms with Crippen LogP contribution in [0.2, 0.25) is 5.02 Å². The van der Waals surface area contributed by atoms with Crippen molar-refractivity contribution in [3.05, 3.63) is 70.3 Å². The maximum atomic E-state index is 10.5. The molecule has 2 aromatic heterocycles. The first-order valence-corrected chi connectivity index (χ1v) is 10.7. The van der Waals surface area contributed by atoms with Crippen LogP contribution >= 0.6 is 11.6 Å². The van der Waals surface area contributed by atoms with E-state index in [9.17, 15) is 10.4 Å². The predicted molar refractivity (Wildman–Crippen MR) is 122 cm³/mol. The average molecular weight is 451 g/mol. The van der Waals surface area contributed by atoms with Crippen LogP contribution in [0.25, 0.3) is 0 Å². The third-order valence-corrected chi connectivity index (χ3v) is 5.72. The zero-order valence-electron chi connectivity index (χ0n) is 17.6. The number of ether oxygens (including phenoxy) is 1. The summed E-state index contributed by atoms with van der Waals surface area (Å²) < 4.78 is 5.05. The van der Waals surface area contributed by atoms with Gasteiger partial charge in [-0.05, 0) is 36.2 Å². The number of halogens is 1. The van der Waals surface area contributed by atoms with E-state index in [4.69, 9.17) is 16.3 Å². The van der Waals surface area contributed by atoms with Gasteiger partial charge in [0.25, 0.3) is 0 Å². The van der Waals surface area contributed by atoms with E-state index < -0.39 is 6.10 Å². The molecule has 0 fully saturated rings. The Balaban J connectivity index is 1.44. The maximum absolute atomic E-state index is 10.5. The van der Waals surface area contributed by atoms with E-state index in [1.54, 1.807) is 43.9 Å². The molecule has 4 rings (SSSR count). The number of aliphatic hydroxyl groups is 1. The van der Waals surface area contributed by atoms with Crippen LogP contribution in [0.3, 0.4) is 0 Å². The second kappa shape index (κ2) is 9.81. The van der Waals surface area contributed by atoms with Gasteiger partial charge in [-0.15, -0.1) is 0 Å². The van der Waals surface area contributed by atoms with E-state index in [-0.39, 0.29) is 0 Å². The number of rotatable bonds is 7. The molecule has 0 aliphatic carbocycles. The van der Waals surface area contributed by atoms with Crippen LogP contribution in [0.4, 0.5) is 11.5 Å². The van der Waals surface area contributed by atoms with Crippen LogP contribution < -0.4 is 15.0 Å². The SMILES string of the molecule is COc1ccc([C@H](O)CCNc2ncnc3c2CN(c2ccc(Cl)cc2C#N)CC3)cn1. The third-order valence-electron chi connectivity index (χ3n) is 5.49. The lowest BCUT2D eigenvalue weighted by Gasteiger charge is -2.31. The molecule has 0 radical (unpaired) electrons. The van der Waals surface area contributed by atoms with Crippen LogP contribution in [0, 0.1) is 11.3 Å². The average Bonchev–Trinajstić information content (AvgIpc) is 2.83. The third kappa shape index (κ3) is 4.74. The number of aromatic nitrogens is 3. The quantitative estimate of drug-likeness (QED) is 0.563. The Bertz CT molecular complexity index is 1130. The first kappa shape index (κ1) is 21.8. The number of nitrogens with zero attached hydrogens (tertiary/aromatic N) is 5. The van der Waals surface area contributed by atoms with E-state index in [0.29, 0.717) is 36.0 Å². The monoisotopic (exact) mass is 450 g/mol. The highest BCUT2D eigenvalue weighted by atomic mass is 35.5. The van der Waals surface area contributed by atoms with Crippen molar-refractivity contribution in [2.75, 3.05) is 30.4 Å². The molecule has 8 nitrogen and oxygen atoms in total. The molecule has 164 valence electrons. The fourth-order valence-corrected chi connectivity index (χ4v) is 3.95. The van der Waals surface area contributed by atoms with E-state index in [1.165, 1.54) is 0 Å². The van der Waals surface area contributed by atoms with Gasteiger partial charge in [-0.1, -0.05) is 11.6 Å². The first-order valence-electron chi connectivity index (χ1n) is 10.3. The molecule has 1 aliphatic rings. The van der Waals surface area contributed by atoms with Gasteiger partial charge in [0.15, 0.2) is 0 Å². The van der Waals surface area contributed by atoms with Crippen LogP contribution in [0.5, 0.6) is 5.88 Å². The van der Waals surface area contributed by atoms with Gasteiger partial charge in [0, 0.05) is 48.9 Å². The van der Waals surface area contributed by atoms with Gasteiger partial charge >= 0.3 is 0 Å². The number of nitriles is 1. The normalized spacial score (nSPS) is 13.8. The second-order valence-electron chi connectivity index (χ2n) is 7.46. The summed E-state index contributed by atoms with van der Waals surface area (Å²) in [5.41, 5.74) is 4.11. The van der Waals surface area contributed by atoms with Crippen molar-refractivity contribution in [1.82, 2.24) is 15.0 Å². The summed E-state index contributed by atoms with van der Waals surface area (Å²) >= 11 is 6.05. The first-order chi connectivity index (χ1) is 15.6. The van der Waals surface area contributed by atoms with E-state index in [2.05, 4.69) is 31.2 Å². The summed E-state index contributed by atoms with van der Waals surface area (Å²) in [5, 5.41) is 23.9. The van der Waals surface area contributed by atoms with E-state index in [1.807, 2.05) is 6.07 Å². The van der Waals surface area contributed by atoms with E-state index in [0.717, 1.165) is 41.3 Å². The minimum Gasteiger partial charge on any atom is -0.481 e. The molecule has 1 aromatic carbocycles. The van der Waals surface area contributed by atoms with Gasteiger partial charge < -0.3 is 20.1 Å². The van der Waals surface area contributed by atoms with Crippen LogP contribution in [-0.4, -0.2) is 40.3 Å². The number of fused-ring (bicyclic) bond motifs is 1. The molecule has 1 atom stereocenters. The molecule has 1 aliphatic heterocycles. The molecule has 9 heteroatoms. The minimum absolute atomic E-state index is 0.492. The van der Waals surface area contributed by atoms with Crippen LogP contribution in [0.1, 0.15) is 34.9 Å². The highest BCUT2D eigenvalue weighted by Crippen LogP contribution is 2.30. The number of methoxy groups -OCH3 is 1. The van der Waals surface area contributed by atoms with Gasteiger partial charge in [-0.3, -0.25) is 0 Å². The Hall–Kier alpha value is -3.41. The van der Waals surface area contributed by atoms with Crippen molar-refractivity contribution in [1.29, 1.82) is 5.26 Å².